The zero-order valence-corrected chi connectivity index (χ0v) is 15.3. The minimum Gasteiger partial charge on any atom is -0.393 e. The molecule has 0 heterocycles. The van der Waals surface area contributed by atoms with E-state index in [-0.39, 0.29) is 11.9 Å². The van der Waals surface area contributed by atoms with Crippen LogP contribution in [-0.4, -0.2) is 29.0 Å². The third kappa shape index (κ3) is 5.13. The summed E-state index contributed by atoms with van der Waals surface area (Å²) in [7, 11) is 0. The lowest BCUT2D eigenvalue weighted by Gasteiger charge is -2.22. The molecule has 0 fully saturated rings. The molecule has 1 aliphatic carbocycles. The van der Waals surface area contributed by atoms with Crippen molar-refractivity contribution in [1.29, 1.82) is 0 Å². The van der Waals surface area contributed by atoms with Gasteiger partial charge in [0.2, 0.25) is 0 Å². The van der Waals surface area contributed by atoms with Crippen molar-refractivity contribution < 1.29 is 9.90 Å². The van der Waals surface area contributed by atoms with Gasteiger partial charge >= 0.3 is 0 Å². The highest BCUT2D eigenvalue weighted by Crippen LogP contribution is 2.33. The van der Waals surface area contributed by atoms with E-state index in [1.807, 2.05) is 32.5 Å². The standard InChI is InChI=1S/C19H30O2S/c1-13-14(2)16(4)19(21)18(15(13)3)11-10-17(20)9-7-6-8-12-22-5/h17,20H,1,6-12H2,2-5H3. The molecule has 3 heteroatoms. The average molecular weight is 323 g/mol. The second kappa shape index (κ2) is 9.36. The minimum atomic E-state index is -0.303. The Morgan fingerprint density at radius 1 is 1.05 bits per heavy atom. The van der Waals surface area contributed by atoms with Crippen LogP contribution in [0.3, 0.4) is 0 Å². The number of unbranched alkanes of at least 4 members (excludes halogenated alkanes) is 2. The van der Waals surface area contributed by atoms with Crippen LogP contribution in [0.5, 0.6) is 0 Å². The van der Waals surface area contributed by atoms with E-state index < -0.39 is 0 Å². The van der Waals surface area contributed by atoms with Gasteiger partial charge in [-0.25, -0.2) is 0 Å². The number of carbonyl (C=O) groups is 1. The lowest BCUT2D eigenvalue weighted by Crippen LogP contribution is -2.17. The molecule has 1 unspecified atom stereocenters. The molecule has 1 atom stereocenters. The predicted octanol–water partition coefficient (Wildman–Crippen LogP) is 4.84. The minimum absolute atomic E-state index is 0.134. The number of ketones is 1. The van der Waals surface area contributed by atoms with Crippen LogP contribution in [0.25, 0.3) is 0 Å². The van der Waals surface area contributed by atoms with Crippen LogP contribution in [0.2, 0.25) is 0 Å². The van der Waals surface area contributed by atoms with Crippen molar-refractivity contribution in [3.63, 3.8) is 0 Å². The molecule has 2 nitrogen and oxygen atoms in total. The largest absolute Gasteiger partial charge is 0.393 e. The second-order valence-corrected chi connectivity index (χ2v) is 7.18. The van der Waals surface area contributed by atoms with E-state index in [4.69, 9.17) is 0 Å². The molecule has 0 spiro atoms. The number of hydrogen-bond donors (Lipinski definition) is 1. The van der Waals surface area contributed by atoms with Crippen molar-refractivity contribution in [2.75, 3.05) is 12.0 Å². The molecule has 0 saturated heterocycles. The maximum absolute atomic E-state index is 12.4. The molecule has 1 aliphatic rings. The Balaban J connectivity index is 2.47. The summed E-state index contributed by atoms with van der Waals surface area (Å²) in [6.07, 6.45) is 7.44. The molecular weight excluding hydrogens is 292 g/mol. The second-order valence-electron chi connectivity index (χ2n) is 6.20. The fourth-order valence-corrected chi connectivity index (χ4v) is 3.31. The van der Waals surface area contributed by atoms with Crippen molar-refractivity contribution in [3.05, 3.63) is 34.4 Å². The lowest BCUT2D eigenvalue weighted by atomic mass is 9.82. The van der Waals surface area contributed by atoms with Crippen molar-refractivity contribution in [3.8, 4) is 0 Å². The molecule has 1 rings (SSSR count). The monoisotopic (exact) mass is 322 g/mol. The summed E-state index contributed by atoms with van der Waals surface area (Å²) in [4.78, 5) is 12.4. The van der Waals surface area contributed by atoms with Crippen molar-refractivity contribution in [2.45, 2.75) is 65.4 Å². The number of Topliss-reactive ketones (excluding diaryl/α,β-unsaturated/α-hetero) is 1. The molecule has 0 aromatic carbocycles. The summed E-state index contributed by atoms with van der Waals surface area (Å²) < 4.78 is 0. The van der Waals surface area contributed by atoms with Crippen molar-refractivity contribution in [1.82, 2.24) is 0 Å². The fourth-order valence-electron chi connectivity index (χ4n) is 2.82. The molecule has 124 valence electrons. The molecule has 0 saturated carbocycles. The van der Waals surface area contributed by atoms with Crippen LogP contribution < -0.4 is 0 Å². The van der Waals surface area contributed by atoms with Gasteiger partial charge in [0.15, 0.2) is 5.78 Å². The number of carbonyl (C=O) groups excluding carboxylic acids is 1. The zero-order valence-electron chi connectivity index (χ0n) is 14.5. The highest BCUT2D eigenvalue weighted by Gasteiger charge is 2.24. The normalized spacial score (nSPS) is 17.5. The van der Waals surface area contributed by atoms with Gasteiger partial charge in [-0.1, -0.05) is 19.4 Å². The smallest absolute Gasteiger partial charge is 0.185 e. The first kappa shape index (κ1) is 19.2. The number of thioether (sulfide) groups is 1. The van der Waals surface area contributed by atoms with E-state index in [0.717, 1.165) is 40.7 Å². The van der Waals surface area contributed by atoms with E-state index in [1.165, 1.54) is 18.6 Å². The van der Waals surface area contributed by atoms with Gasteiger partial charge < -0.3 is 5.11 Å². The van der Waals surface area contributed by atoms with Crippen LogP contribution in [0, 0.1) is 0 Å². The predicted molar refractivity (Wildman–Crippen MR) is 97.3 cm³/mol. The van der Waals surface area contributed by atoms with Crippen LogP contribution in [0.1, 0.15) is 59.3 Å². The molecule has 0 radical (unpaired) electrons. The summed E-state index contributed by atoms with van der Waals surface area (Å²) in [5.74, 6) is 1.33. The zero-order chi connectivity index (χ0) is 16.7. The summed E-state index contributed by atoms with van der Waals surface area (Å²) in [5, 5.41) is 10.1. The van der Waals surface area contributed by atoms with Crippen LogP contribution in [-0.2, 0) is 4.79 Å². The van der Waals surface area contributed by atoms with Crippen LogP contribution in [0.15, 0.2) is 34.4 Å². The first-order chi connectivity index (χ1) is 10.4. The number of rotatable bonds is 9. The van der Waals surface area contributed by atoms with E-state index in [1.54, 1.807) is 0 Å². The summed E-state index contributed by atoms with van der Waals surface area (Å²) in [6.45, 7) is 9.89. The number of aliphatic hydroxyl groups excluding tert-OH is 1. The Hall–Kier alpha value is -0.800. The fraction of sp³-hybridized carbons (Fsp3) is 0.632. The van der Waals surface area contributed by atoms with Crippen molar-refractivity contribution in [2.24, 2.45) is 0 Å². The van der Waals surface area contributed by atoms with Gasteiger partial charge in [0, 0.05) is 11.1 Å². The average Bonchev–Trinajstić information content (AvgIpc) is 2.50. The third-order valence-corrected chi connectivity index (χ3v) is 5.35. The Kier molecular flexibility index (Phi) is 8.19. The third-order valence-electron chi connectivity index (χ3n) is 4.65. The molecule has 22 heavy (non-hydrogen) atoms. The highest BCUT2D eigenvalue weighted by atomic mass is 32.2. The summed E-state index contributed by atoms with van der Waals surface area (Å²) in [6, 6.07) is 0. The molecule has 0 amide bonds. The Bertz CT molecular complexity index is 486. The van der Waals surface area contributed by atoms with Crippen LogP contribution in [0.4, 0.5) is 0 Å². The van der Waals surface area contributed by atoms with Crippen molar-refractivity contribution >= 4 is 17.5 Å². The Labute approximate surface area is 139 Å². The van der Waals surface area contributed by atoms with E-state index in [0.29, 0.717) is 12.8 Å². The number of aliphatic hydroxyl groups is 1. The van der Waals surface area contributed by atoms with E-state index in [9.17, 15) is 9.90 Å². The van der Waals surface area contributed by atoms with Gasteiger partial charge in [0.25, 0.3) is 0 Å². The van der Waals surface area contributed by atoms with E-state index in [2.05, 4.69) is 12.8 Å². The van der Waals surface area contributed by atoms with Gasteiger partial charge in [-0.3, -0.25) is 4.79 Å². The molecule has 1 N–H and O–H groups in total. The first-order valence-electron chi connectivity index (χ1n) is 8.18. The quantitative estimate of drug-likeness (QED) is 0.617. The molecule has 0 aromatic rings. The molecule has 0 bridgehead atoms. The SMILES string of the molecule is C=C1C(C)=C(C)C(=O)C(CCC(O)CCCCCSC)=C1C. The maximum Gasteiger partial charge on any atom is 0.185 e. The molecule has 0 aromatic heterocycles. The van der Waals surface area contributed by atoms with Gasteiger partial charge in [-0.2, -0.15) is 11.8 Å². The number of hydrogen-bond acceptors (Lipinski definition) is 3. The van der Waals surface area contributed by atoms with Gasteiger partial charge in [-0.15, -0.1) is 0 Å². The Morgan fingerprint density at radius 3 is 2.36 bits per heavy atom. The Morgan fingerprint density at radius 2 is 1.73 bits per heavy atom. The van der Waals surface area contributed by atoms with E-state index >= 15 is 0 Å². The topological polar surface area (TPSA) is 37.3 Å². The highest BCUT2D eigenvalue weighted by molar-refractivity contribution is 7.98. The molecular formula is C19H30O2S. The lowest BCUT2D eigenvalue weighted by molar-refractivity contribution is -0.112. The maximum atomic E-state index is 12.4. The summed E-state index contributed by atoms with van der Waals surface area (Å²) >= 11 is 1.87. The van der Waals surface area contributed by atoms with Gasteiger partial charge in [0.05, 0.1) is 6.10 Å². The van der Waals surface area contributed by atoms with Gasteiger partial charge in [-0.05, 0) is 75.2 Å². The number of allylic oxidation sites excluding steroid dienone is 5. The first-order valence-corrected chi connectivity index (χ1v) is 9.58. The van der Waals surface area contributed by atoms with Crippen LogP contribution >= 0.6 is 11.8 Å². The van der Waals surface area contributed by atoms with Gasteiger partial charge in [0.1, 0.15) is 0 Å². The molecule has 0 aliphatic heterocycles. The summed E-state index contributed by atoms with van der Waals surface area (Å²) in [5.41, 5.74) is 4.62.